The molecule has 1 aromatic heterocycles. The molecule has 0 aliphatic heterocycles. The molecule has 0 aromatic carbocycles. The molecule has 0 radical (unpaired) electrons. The number of nitrogens with zero attached hydrogens (tertiary/aromatic N) is 2. The number of rotatable bonds is 4. The fourth-order valence-electron chi connectivity index (χ4n) is 1.20. The molecule has 0 saturated carbocycles. The van der Waals surface area contributed by atoms with Crippen LogP contribution in [0.1, 0.15) is 6.92 Å². The van der Waals surface area contributed by atoms with Crippen LogP contribution in [0.4, 0.5) is 11.4 Å². The highest BCUT2D eigenvalue weighted by atomic mass is 35.5. The SMILES string of the molecule is CC(CCl)C(=O)Nc1cnccc1N(C)C. The van der Waals surface area contributed by atoms with Crippen LogP contribution in [0.25, 0.3) is 0 Å². The Bertz CT molecular complexity index is 368. The van der Waals surface area contributed by atoms with Gasteiger partial charge in [-0.2, -0.15) is 0 Å². The zero-order valence-electron chi connectivity index (χ0n) is 9.70. The summed E-state index contributed by atoms with van der Waals surface area (Å²) in [6.07, 6.45) is 3.32. The lowest BCUT2D eigenvalue weighted by Gasteiger charge is -2.18. The first-order valence-electron chi connectivity index (χ1n) is 5.04. The number of alkyl halides is 1. The minimum Gasteiger partial charge on any atom is -0.376 e. The number of amides is 1. The Morgan fingerprint density at radius 3 is 2.88 bits per heavy atom. The van der Waals surface area contributed by atoms with Crippen LogP contribution in [0.2, 0.25) is 0 Å². The first-order chi connectivity index (χ1) is 7.56. The van der Waals surface area contributed by atoms with Crippen LogP contribution < -0.4 is 10.2 Å². The number of halogens is 1. The summed E-state index contributed by atoms with van der Waals surface area (Å²) in [4.78, 5) is 17.6. The van der Waals surface area contributed by atoms with Crippen LogP contribution in [0.3, 0.4) is 0 Å². The van der Waals surface area contributed by atoms with Crippen molar-refractivity contribution < 1.29 is 4.79 Å². The van der Waals surface area contributed by atoms with Gasteiger partial charge in [-0.3, -0.25) is 9.78 Å². The summed E-state index contributed by atoms with van der Waals surface area (Å²) in [5.74, 6) is 0.00613. The molecule has 0 bridgehead atoms. The van der Waals surface area contributed by atoms with Crippen molar-refractivity contribution >= 4 is 28.9 Å². The molecular formula is C11H16ClN3O. The molecule has 1 amide bonds. The third kappa shape index (κ3) is 3.10. The molecule has 0 saturated heterocycles. The van der Waals surface area contributed by atoms with Crippen LogP contribution in [0.5, 0.6) is 0 Å². The Hall–Kier alpha value is -1.29. The van der Waals surface area contributed by atoms with Crippen LogP contribution in [0.15, 0.2) is 18.5 Å². The molecule has 0 spiro atoms. The van der Waals surface area contributed by atoms with Crippen LogP contribution in [-0.4, -0.2) is 30.9 Å². The molecule has 1 N–H and O–H groups in total. The monoisotopic (exact) mass is 241 g/mol. The van der Waals surface area contributed by atoms with E-state index < -0.39 is 0 Å². The van der Waals surface area contributed by atoms with Gasteiger partial charge in [-0.05, 0) is 6.07 Å². The van der Waals surface area contributed by atoms with Gasteiger partial charge < -0.3 is 10.2 Å². The van der Waals surface area contributed by atoms with E-state index in [0.29, 0.717) is 11.6 Å². The zero-order valence-corrected chi connectivity index (χ0v) is 10.5. The van der Waals surface area contributed by atoms with E-state index in [2.05, 4.69) is 10.3 Å². The van der Waals surface area contributed by atoms with E-state index >= 15 is 0 Å². The quantitative estimate of drug-likeness (QED) is 0.820. The largest absolute Gasteiger partial charge is 0.376 e. The maximum absolute atomic E-state index is 11.7. The molecule has 0 fully saturated rings. The Labute approximate surface area is 101 Å². The molecule has 0 aliphatic carbocycles. The van der Waals surface area contributed by atoms with Crippen LogP contribution in [-0.2, 0) is 4.79 Å². The molecule has 1 heterocycles. The van der Waals surface area contributed by atoms with Gasteiger partial charge in [-0.15, -0.1) is 11.6 Å². The van der Waals surface area contributed by atoms with Gasteiger partial charge in [0, 0.05) is 32.1 Å². The van der Waals surface area contributed by atoms with Crippen molar-refractivity contribution in [2.45, 2.75) is 6.92 Å². The number of carbonyl (C=O) groups excluding carboxylic acids is 1. The number of carbonyl (C=O) groups is 1. The van der Waals surface area contributed by atoms with Crippen molar-refractivity contribution in [3.8, 4) is 0 Å². The van der Waals surface area contributed by atoms with Crippen molar-refractivity contribution in [1.82, 2.24) is 4.98 Å². The molecule has 1 rings (SSSR count). The van der Waals surface area contributed by atoms with Gasteiger partial charge in [0.1, 0.15) is 0 Å². The van der Waals surface area contributed by atoms with Gasteiger partial charge in [0.15, 0.2) is 0 Å². The molecule has 4 nitrogen and oxygen atoms in total. The van der Waals surface area contributed by atoms with Gasteiger partial charge in [-0.25, -0.2) is 0 Å². The predicted octanol–water partition coefficient (Wildman–Crippen LogP) is 1.96. The lowest BCUT2D eigenvalue weighted by molar-refractivity contribution is -0.118. The van der Waals surface area contributed by atoms with Crippen LogP contribution in [0, 0.1) is 5.92 Å². The van der Waals surface area contributed by atoms with Gasteiger partial charge in [0.05, 0.1) is 17.6 Å². The Balaban J connectivity index is 2.84. The van der Waals surface area contributed by atoms with Crippen molar-refractivity contribution in [2.24, 2.45) is 5.92 Å². The molecule has 88 valence electrons. The Morgan fingerprint density at radius 2 is 2.31 bits per heavy atom. The second-order valence-electron chi connectivity index (χ2n) is 3.83. The van der Waals surface area contributed by atoms with Crippen molar-refractivity contribution in [1.29, 1.82) is 0 Å². The summed E-state index contributed by atoms with van der Waals surface area (Å²) in [6, 6.07) is 1.85. The molecule has 1 aromatic rings. The summed E-state index contributed by atoms with van der Waals surface area (Å²) >= 11 is 5.63. The van der Waals surface area contributed by atoms with E-state index in [1.54, 1.807) is 19.3 Å². The third-order valence-corrected chi connectivity index (χ3v) is 2.68. The molecule has 16 heavy (non-hydrogen) atoms. The fourth-order valence-corrected chi connectivity index (χ4v) is 1.34. The summed E-state index contributed by atoms with van der Waals surface area (Å²) in [5, 5.41) is 2.82. The lowest BCUT2D eigenvalue weighted by atomic mass is 10.2. The van der Waals surface area contributed by atoms with E-state index in [1.807, 2.05) is 25.1 Å². The van der Waals surface area contributed by atoms with Crippen molar-refractivity contribution in [2.75, 3.05) is 30.2 Å². The van der Waals surface area contributed by atoms with E-state index in [-0.39, 0.29) is 11.8 Å². The zero-order chi connectivity index (χ0) is 12.1. The normalized spacial score (nSPS) is 12.0. The highest BCUT2D eigenvalue weighted by molar-refractivity contribution is 6.19. The predicted molar refractivity (Wildman–Crippen MR) is 67.1 cm³/mol. The molecule has 0 aliphatic rings. The second kappa shape index (κ2) is 5.70. The van der Waals surface area contributed by atoms with E-state index in [1.165, 1.54) is 0 Å². The average Bonchev–Trinajstić information content (AvgIpc) is 2.28. The number of anilines is 2. The minimum atomic E-state index is -0.211. The maximum Gasteiger partial charge on any atom is 0.228 e. The molecule has 1 unspecified atom stereocenters. The lowest BCUT2D eigenvalue weighted by Crippen LogP contribution is -2.23. The topological polar surface area (TPSA) is 45.2 Å². The maximum atomic E-state index is 11.7. The average molecular weight is 242 g/mol. The molecular weight excluding hydrogens is 226 g/mol. The van der Waals surface area contributed by atoms with Gasteiger partial charge in [0.25, 0.3) is 0 Å². The van der Waals surface area contributed by atoms with Crippen LogP contribution >= 0.6 is 11.6 Å². The summed E-state index contributed by atoms with van der Waals surface area (Å²) in [5.41, 5.74) is 1.62. The molecule has 1 atom stereocenters. The first-order valence-corrected chi connectivity index (χ1v) is 5.58. The molecule has 5 heteroatoms. The summed E-state index contributed by atoms with van der Waals surface area (Å²) in [6.45, 7) is 1.79. The number of pyridine rings is 1. The number of nitrogens with one attached hydrogen (secondary N) is 1. The fraction of sp³-hybridized carbons (Fsp3) is 0.455. The Morgan fingerprint density at radius 1 is 1.62 bits per heavy atom. The van der Waals surface area contributed by atoms with E-state index in [4.69, 9.17) is 11.6 Å². The smallest absolute Gasteiger partial charge is 0.228 e. The Kier molecular flexibility index (Phi) is 4.55. The van der Waals surface area contributed by atoms with Crippen molar-refractivity contribution in [3.63, 3.8) is 0 Å². The summed E-state index contributed by atoms with van der Waals surface area (Å²) < 4.78 is 0. The number of aromatic nitrogens is 1. The summed E-state index contributed by atoms with van der Waals surface area (Å²) in [7, 11) is 3.83. The number of hydrogen-bond donors (Lipinski definition) is 1. The first kappa shape index (κ1) is 12.8. The van der Waals surface area contributed by atoms with Crippen molar-refractivity contribution in [3.05, 3.63) is 18.5 Å². The number of hydrogen-bond acceptors (Lipinski definition) is 3. The van der Waals surface area contributed by atoms with Gasteiger partial charge >= 0.3 is 0 Å². The highest BCUT2D eigenvalue weighted by Crippen LogP contribution is 2.22. The van der Waals surface area contributed by atoms with E-state index in [0.717, 1.165) is 5.69 Å². The second-order valence-corrected chi connectivity index (χ2v) is 4.14. The third-order valence-electron chi connectivity index (χ3n) is 2.22. The standard InChI is InChI=1S/C11H16ClN3O/c1-8(6-12)11(16)14-9-7-13-5-4-10(9)15(2)3/h4-5,7-8H,6H2,1-3H3,(H,14,16). The highest BCUT2D eigenvalue weighted by Gasteiger charge is 2.13. The van der Waals surface area contributed by atoms with E-state index in [9.17, 15) is 4.79 Å². The van der Waals surface area contributed by atoms with Gasteiger partial charge in [0.2, 0.25) is 5.91 Å². The van der Waals surface area contributed by atoms with Gasteiger partial charge in [-0.1, -0.05) is 6.92 Å². The minimum absolute atomic E-state index is 0.0916.